The summed E-state index contributed by atoms with van der Waals surface area (Å²) in [5, 5.41) is 0. The lowest BCUT2D eigenvalue weighted by Crippen LogP contribution is -2.36. The van der Waals surface area contributed by atoms with Crippen LogP contribution in [0, 0.1) is 5.41 Å². The second kappa shape index (κ2) is 7.00. The average molecular weight is 316 g/mol. The van der Waals surface area contributed by atoms with E-state index >= 15 is 0 Å². The minimum atomic E-state index is -0.342. The van der Waals surface area contributed by atoms with Crippen LogP contribution in [0.3, 0.4) is 0 Å². The molecule has 0 aromatic heterocycles. The highest BCUT2D eigenvalue weighted by Gasteiger charge is 2.41. The fourth-order valence-electron chi connectivity index (χ4n) is 3.73. The van der Waals surface area contributed by atoms with Crippen molar-refractivity contribution in [3.8, 4) is 0 Å². The van der Waals surface area contributed by atoms with E-state index in [9.17, 15) is 4.79 Å². The molecule has 0 radical (unpaired) electrons. The number of aryl methyl sites for hydroxylation is 1. The molecular weight excluding hydrogens is 292 g/mol. The van der Waals surface area contributed by atoms with E-state index in [1.807, 2.05) is 43.3 Å². The fraction of sp³-hybridized carbons (Fsp3) is 0.261. The quantitative estimate of drug-likeness (QED) is 0.630. The van der Waals surface area contributed by atoms with Crippen LogP contribution in [0.5, 0.6) is 0 Å². The maximum absolute atomic E-state index is 13.2. The van der Waals surface area contributed by atoms with Gasteiger partial charge in [-0.2, -0.15) is 0 Å². The van der Waals surface area contributed by atoms with Crippen molar-refractivity contribution in [2.24, 2.45) is 5.41 Å². The van der Waals surface area contributed by atoms with Crippen LogP contribution in [0.1, 0.15) is 47.7 Å². The van der Waals surface area contributed by atoms with Gasteiger partial charge >= 0.3 is 0 Å². The van der Waals surface area contributed by atoms with E-state index in [0.717, 1.165) is 36.8 Å². The molecule has 0 spiro atoms. The Bertz CT molecular complexity index is 770. The Labute approximate surface area is 144 Å². The maximum atomic E-state index is 13.2. The minimum absolute atomic E-state index is 0.282. The first-order valence-electron chi connectivity index (χ1n) is 8.59. The number of allylic oxidation sites excluding steroid dienone is 2. The lowest BCUT2D eigenvalue weighted by atomic mass is 9.65. The van der Waals surface area contributed by atoms with E-state index in [-0.39, 0.29) is 11.2 Å². The molecule has 0 bridgehead atoms. The summed E-state index contributed by atoms with van der Waals surface area (Å²) >= 11 is 0. The van der Waals surface area contributed by atoms with Gasteiger partial charge in [-0.1, -0.05) is 72.3 Å². The lowest BCUT2D eigenvalue weighted by Gasteiger charge is -2.36. The second-order valence-electron chi connectivity index (χ2n) is 6.92. The number of ketones is 1. The zero-order valence-electron chi connectivity index (χ0n) is 14.3. The van der Waals surface area contributed by atoms with E-state index in [1.165, 1.54) is 11.1 Å². The van der Waals surface area contributed by atoms with Crippen LogP contribution in [0.2, 0.25) is 0 Å². The number of Topliss-reactive ketones (excluding diaryl/α,β-unsaturated/α-hetero) is 1. The normalized spacial score (nSPS) is 20.1. The predicted molar refractivity (Wildman–Crippen MR) is 101 cm³/mol. The Kier molecular flexibility index (Phi) is 4.80. The van der Waals surface area contributed by atoms with Crippen LogP contribution in [-0.4, -0.2) is 5.78 Å². The molecule has 0 fully saturated rings. The molecule has 0 saturated heterocycles. The molecule has 1 heteroatoms. The number of rotatable bonds is 5. The predicted octanol–water partition coefficient (Wildman–Crippen LogP) is 5.87. The Morgan fingerprint density at radius 1 is 1.12 bits per heavy atom. The van der Waals surface area contributed by atoms with Crippen LogP contribution >= 0.6 is 0 Å². The maximum Gasteiger partial charge on any atom is 0.169 e. The molecule has 1 atom stereocenters. The summed E-state index contributed by atoms with van der Waals surface area (Å²) in [6.45, 7) is 6.10. The molecule has 122 valence electrons. The third-order valence-electron chi connectivity index (χ3n) is 4.88. The van der Waals surface area contributed by atoms with E-state index < -0.39 is 0 Å². The number of carbonyl (C=O) groups is 1. The van der Waals surface area contributed by atoms with Crippen molar-refractivity contribution < 1.29 is 4.79 Å². The van der Waals surface area contributed by atoms with Gasteiger partial charge in [-0.3, -0.25) is 4.79 Å². The van der Waals surface area contributed by atoms with Gasteiger partial charge in [-0.05, 0) is 43.7 Å². The summed E-state index contributed by atoms with van der Waals surface area (Å²) in [5.41, 5.74) is 4.00. The fourth-order valence-corrected chi connectivity index (χ4v) is 3.73. The zero-order valence-corrected chi connectivity index (χ0v) is 14.3. The Morgan fingerprint density at radius 3 is 2.58 bits per heavy atom. The van der Waals surface area contributed by atoms with Crippen molar-refractivity contribution >= 4 is 11.9 Å². The van der Waals surface area contributed by atoms with Crippen LogP contribution < -0.4 is 0 Å². The number of fused-ring (bicyclic) bond motifs is 1. The molecule has 2 aromatic carbocycles. The van der Waals surface area contributed by atoms with E-state index in [0.29, 0.717) is 0 Å². The third-order valence-corrected chi connectivity index (χ3v) is 4.88. The molecular formula is C23H24O. The summed E-state index contributed by atoms with van der Waals surface area (Å²) in [6.07, 6.45) is 7.67. The summed E-state index contributed by atoms with van der Waals surface area (Å²) in [4.78, 5) is 13.2. The molecule has 0 heterocycles. The Hall–Kier alpha value is -2.41. The van der Waals surface area contributed by atoms with Crippen molar-refractivity contribution in [2.45, 2.75) is 32.6 Å². The van der Waals surface area contributed by atoms with Gasteiger partial charge in [0, 0.05) is 11.0 Å². The van der Waals surface area contributed by atoms with E-state index in [1.54, 1.807) is 0 Å². The van der Waals surface area contributed by atoms with Crippen molar-refractivity contribution in [3.05, 3.63) is 89.5 Å². The smallest absolute Gasteiger partial charge is 0.169 e. The molecule has 0 amide bonds. The highest BCUT2D eigenvalue weighted by atomic mass is 16.1. The van der Waals surface area contributed by atoms with Crippen molar-refractivity contribution in [1.82, 2.24) is 0 Å². The van der Waals surface area contributed by atoms with E-state index in [2.05, 4.69) is 36.9 Å². The minimum Gasteiger partial charge on any atom is -0.294 e. The molecule has 0 aliphatic heterocycles. The van der Waals surface area contributed by atoms with Gasteiger partial charge in [0.1, 0.15) is 0 Å². The summed E-state index contributed by atoms with van der Waals surface area (Å²) in [5.74, 6) is 0.282. The van der Waals surface area contributed by atoms with Crippen LogP contribution in [0.25, 0.3) is 6.08 Å². The molecule has 24 heavy (non-hydrogen) atoms. The molecule has 1 nitrogen and oxygen atoms in total. The third kappa shape index (κ3) is 3.41. The molecule has 1 aliphatic rings. The summed E-state index contributed by atoms with van der Waals surface area (Å²) in [7, 11) is 0. The number of benzene rings is 2. The van der Waals surface area contributed by atoms with Gasteiger partial charge in [-0.15, -0.1) is 6.58 Å². The van der Waals surface area contributed by atoms with Gasteiger partial charge in [-0.25, -0.2) is 0 Å². The van der Waals surface area contributed by atoms with Crippen LogP contribution in [0.4, 0.5) is 0 Å². The highest BCUT2D eigenvalue weighted by molar-refractivity contribution is 6.03. The first kappa shape index (κ1) is 16.4. The molecule has 2 aromatic rings. The van der Waals surface area contributed by atoms with Gasteiger partial charge in [0.2, 0.25) is 0 Å². The summed E-state index contributed by atoms with van der Waals surface area (Å²) < 4.78 is 0. The van der Waals surface area contributed by atoms with Gasteiger partial charge < -0.3 is 0 Å². The van der Waals surface area contributed by atoms with Crippen molar-refractivity contribution in [3.63, 3.8) is 0 Å². The van der Waals surface area contributed by atoms with Gasteiger partial charge in [0.05, 0.1) is 0 Å². The van der Waals surface area contributed by atoms with Gasteiger partial charge in [0.15, 0.2) is 5.78 Å². The second-order valence-corrected chi connectivity index (χ2v) is 6.92. The lowest BCUT2D eigenvalue weighted by molar-refractivity contribution is 0.0758. The number of carbonyl (C=O) groups excluding carboxylic acids is 1. The van der Waals surface area contributed by atoms with E-state index in [4.69, 9.17) is 0 Å². The van der Waals surface area contributed by atoms with Crippen LogP contribution in [0.15, 0.2) is 72.8 Å². The Morgan fingerprint density at radius 2 is 1.83 bits per heavy atom. The molecule has 0 N–H and O–H groups in total. The standard InChI is InChI=1S/C23H24O/c1-18(2)17-23(15-8-11-19-9-4-3-5-10-19)16-14-20-12-6-7-13-21(20)22(23)24/h3-13H,1,14-17H2,2H3/b11-8+. The molecule has 3 rings (SSSR count). The topological polar surface area (TPSA) is 17.1 Å². The van der Waals surface area contributed by atoms with Gasteiger partial charge in [0.25, 0.3) is 0 Å². The zero-order chi connectivity index (χ0) is 17.0. The largest absolute Gasteiger partial charge is 0.294 e. The van der Waals surface area contributed by atoms with Crippen molar-refractivity contribution in [1.29, 1.82) is 0 Å². The number of hydrogen-bond acceptors (Lipinski definition) is 1. The molecule has 0 saturated carbocycles. The number of hydrogen-bond donors (Lipinski definition) is 0. The average Bonchev–Trinajstić information content (AvgIpc) is 2.59. The van der Waals surface area contributed by atoms with Crippen molar-refractivity contribution in [2.75, 3.05) is 0 Å². The highest BCUT2D eigenvalue weighted by Crippen LogP contribution is 2.43. The first-order valence-corrected chi connectivity index (χ1v) is 8.59. The monoisotopic (exact) mass is 316 g/mol. The SMILES string of the molecule is C=C(C)CC1(C/C=C/c2ccccc2)CCc2ccccc2C1=O. The molecule has 1 aliphatic carbocycles. The Balaban J connectivity index is 1.88. The first-order chi connectivity index (χ1) is 11.6. The molecule has 1 unspecified atom stereocenters. The van der Waals surface area contributed by atoms with Crippen LogP contribution in [-0.2, 0) is 6.42 Å². The summed E-state index contributed by atoms with van der Waals surface area (Å²) in [6, 6.07) is 18.3.